The van der Waals surface area contributed by atoms with Crippen molar-refractivity contribution in [1.82, 2.24) is 9.38 Å². The number of pyridine rings is 1. The second-order valence-electron chi connectivity index (χ2n) is 4.38. The maximum Gasteiger partial charge on any atom is 0.137 e. The summed E-state index contributed by atoms with van der Waals surface area (Å²) in [7, 11) is 0. The van der Waals surface area contributed by atoms with Gasteiger partial charge < -0.3 is 9.51 Å². The maximum absolute atomic E-state index is 9.03. The Kier molecular flexibility index (Phi) is 2.61. The van der Waals surface area contributed by atoms with Crippen LogP contribution in [0.1, 0.15) is 11.3 Å². The number of hydrogen-bond acceptors (Lipinski definition) is 2. The molecule has 0 unspecified atom stereocenters. The number of aliphatic hydroxyl groups is 1. The molecular weight excluding hydrogens is 224 g/mol. The third-order valence-corrected chi connectivity index (χ3v) is 3.13. The highest BCUT2D eigenvalue weighted by atomic mass is 16.3. The molecule has 18 heavy (non-hydrogen) atoms. The van der Waals surface area contributed by atoms with Crippen molar-refractivity contribution in [3.63, 3.8) is 0 Å². The average molecular weight is 238 g/mol. The Balaban J connectivity index is 2.10. The van der Waals surface area contributed by atoms with Crippen LogP contribution in [0.15, 0.2) is 48.7 Å². The van der Waals surface area contributed by atoms with Gasteiger partial charge in [0.25, 0.3) is 0 Å². The van der Waals surface area contributed by atoms with Crippen LogP contribution in [0.5, 0.6) is 0 Å². The van der Waals surface area contributed by atoms with Gasteiger partial charge in [-0.1, -0.05) is 30.3 Å². The van der Waals surface area contributed by atoms with Crippen molar-refractivity contribution in [3.05, 3.63) is 59.9 Å². The zero-order chi connectivity index (χ0) is 12.5. The molecule has 0 aliphatic heterocycles. The summed E-state index contributed by atoms with van der Waals surface area (Å²) in [6, 6.07) is 13.9. The SMILES string of the molecule is Cc1cccc2nc(-c3ccc(CO)cc3)cn12. The van der Waals surface area contributed by atoms with Crippen LogP contribution in [0, 0.1) is 6.92 Å². The molecular formula is C15H14N2O. The lowest BCUT2D eigenvalue weighted by atomic mass is 10.1. The lowest BCUT2D eigenvalue weighted by Crippen LogP contribution is -1.86. The first kappa shape index (κ1) is 11.0. The molecule has 0 saturated heterocycles. The van der Waals surface area contributed by atoms with Crippen molar-refractivity contribution in [2.45, 2.75) is 13.5 Å². The summed E-state index contributed by atoms with van der Waals surface area (Å²) >= 11 is 0. The number of rotatable bonds is 2. The Bertz CT molecular complexity index is 683. The Morgan fingerprint density at radius 1 is 1.11 bits per heavy atom. The van der Waals surface area contributed by atoms with Gasteiger partial charge in [-0.25, -0.2) is 4.98 Å². The van der Waals surface area contributed by atoms with E-state index < -0.39 is 0 Å². The molecule has 0 atom stereocenters. The summed E-state index contributed by atoms with van der Waals surface area (Å²) in [6.07, 6.45) is 2.04. The Labute approximate surface area is 105 Å². The number of aliphatic hydroxyl groups excluding tert-OH is 1. The zero-order valence-corrected chi connectivity index (χ0v) is 10.2. The largest absolute Gasteiger partial charge is 0.392 e. The minimum Gasteiger partial charge on any atom is -0.392 e. The highest BCUT2D eigenvalue weighted by Gasteiger charge is 2.05. The summed E-state index contributed by atoms with van der Waals surface area (Å²) in [5, 5.41) is 9.03. The van der Waals surface area contributed by atoms with E-state index in [4.69, 9.17) is 5.11 Å². The van der Waals surface area contributed by atoms with Crippen LogP contribution >= 0.6 is 0 Å². The van der Waals surface area contributed by atoms with E-state index >= 15 is 0 Å². The number of imidazole rings is 1. The second kappa shape index (κ2) is 4.27. The van der Waals surface area contributed by atoms with Crippen molar-refractivity contribution in [1.29, 1.82) is 0 Å². The third-order valence-electron chi connectivity index (χ3n) is 3.13. The normalized spacial score (nSPS) is 11.0. The van der Waals surface area contributed by atoms with Gasteiger partial charge in [0.2, 0.25) is 0 Å². The van der Waals surface area contributed by atoms with Crippen LogP contribution < -0.4 is 0 Å². The van der Waals surface area contributed by atoms with Gasteiger partial charge in [0.05, 0.1) is 12.3 Å². The fourth-order valence-corrected chi connectivity index (χ4v) is 2.07. The van der Waals surface area contributed by atoms with E-state index in [9.17, 15) is 0 Å². The van der Waals surface area contributed by atoms with Gasteiger partial charge in [-0.05, 0) is 24.6 Å². The third kappa shape index (κ3) is 1.79. The zero-order valence-electron chi connectivity index (χ0n) is 10.2. The summed E-state index contributed by atoms with van der Waals surface area (Å²) in [5.74, 6) is 0. The molecule has 0 radical (unpaired) electrons. The minimum absolute atomic E-state index is 0.0740. The van der Waals surface area contributed by atoms with Crippen molar-refractivity contribution < 1.29 is 5.11 Å². The molecule has 0 bridgehead atoms. The standard InChI is InChI=1S/C15H14N2O/c1-11-3-2-4-15-16-14(9-17(11)15)13-7-5-12(10-18)6-8-13/h2-9,18H,10H2,1H3. The van der Waals surface area contributed by atoms with Crippen molar-refractivity contribution in [3.8, 4) is 11.3 Å². The summed E-state index contributed by atoms with van der Waals surface area (Å²) in [6.45, 7) is 2.14. The number of fused-ring (bicyclic) bond motifs is 1. The lowest BCUT2D eigenvalue weighted by molar-refractivity contribution is 0.282. The maximum atomic E-state index is 9.03. The van der Waals surface area contributed by atoms with E-state index in [1.54, 1.807) is 0 Å². The molecule has 0 amide bonds. The minimum atomic E-state index is 0.0740. The topological polar surface area (TPSA) is 37.5 Å². The van der Waals surface area contributed by atoms with Crippen LogP contribution in [0.2, 0.25) is 0 Å². The van der Waals surface area contributed by atoms with Crippen LogP contribution in [-0.2, 0) is 6.61 Å². The molecule has 3 rings (SSSR count). The van der Waals surface area contributed by atoms with E-state index in [0.717, 1.165) is 22.5 Å². The van der Waals surface area contributed by atoms with Crippen molar-refractivity contribution >= 4 is 5.65 Å². The fourth-order valence-electron chi connectivity index (χ4n) is 2.07. The van der Waals surface area contributed by atoms with Crippen LogP contribution in [-0.4, -0.2) is 14.5 Å². The predicted octanol–water partition coefficient (Wildman–Crippen LogP) is 2.80. The first-order chi connectivity index (χ1) is 8.78. The molecule has 3 heteroatoms. The molecule has 0 aliphatic carbocycles. The molecule has 1 N–H and O–H groups in total. The summed E-state index contributed by atoms with van der Waals surface area (Å²) in [4.78, 5) is 4.60. The molecule has 0 spiro atoms. The van der Waals surface area contributed by atoms with E-state index in [1.807, 2.05) is 42.6 Å². The molecule has 0 aliphatic rings. The Morgan fingerprint density at radius 2 is 1.89 bits per heavy atom. The molecule has 3 aromatic rings. The lowest BCUT2D eigenvalue weighted by Gasteiger charge is -1.98. The number of nitrogens with zero attached hydrogens (tertiary/aromatic N) is 2. The van der Waals surface area contributed by atoms with Gasteiger partial charge in [-0.2, -0.15) is 0 Å². The number of aryl methyl sites for hydroxylation is 1. The van der Waals surface area contributed by atoms with Gasteiger partial charge in [0.15, 0.2) is 0 Å². The molecule has 2 aromatic heterocycles. The molecule has 90 valence electrons. The molecule has 2 heterocycles. The van der Waals surface area contributed by atoms with E-state index in [0.29, 0.717) is 0 Å². The Hall–Kier alpha value is -2.13. The Morgan fingerprint density at radius 3 is 2.56 bits per heavy atom. The molecule has 1 aromatic carbocycles. The first-order valence-electron chi connectivity index (χ1n) is 5.93. The highest BCUT2D eigenvalue weighted by molar-refractivity contribution is 5.63. The second-order valence-corrected chi connectivity index (χ2v) is 4.38. The van der Waals surface area contributed by atoms with Crippen molar-refractivity contribution in [2.75, 3.05) is 0 Å². The average Bonchev–Trinajstić information content (AvgIpc) is 2.84. The van der Waals surface area contributed by atoms with Crippen LogP contribution in [0.4, 0.5) is 0 Å². The number of hydrogen-bond donors (Lipinski definition) is 1. The van der Waals surface area contributed by atoms with Gasteiger partial charge in [0.1, 0.15) is 5.65 Å². The smallest absolute Gasteiger partial charge is 0.137 e. The molecule has 3 nitrogen and oxygen atoms in total. The fraction of sp³-hybridized carbons (Fsp3) is 0.133. The van der Waals surface area contributed by atoms with Gasteiger partial charge in [0, 0.05) is 17.5 Å². The summed E-state index contributed by atoms with van der Waals surface area (Å²) < 4.78 is 2.08. The summed E-state index contributed by atoms with van der Waals surface area (Å²) in [5.41, 5.74) is 5.05. The van der Waals surface area contributed by atoms with Gasteiger partial charge in [-0.3, -0.25) is 0 Å². The number of benzene rings is 1. The van der Waals surface area contributed by atoms with Crippen LogP contribution in [0.25, 0.3) is 16.9 Å². The van der Waals surface area contributed by atoms with Crippen molar-refractivity contribution in [2.24, 2.45) is 0 Å². The van der Waals surface area contributed by atoms with Gasteiger partial charge in [-0.15, -0.1) is 0 Å². The van der Waals surface area contributed by atoms with Crippen LogP contribution in [0.3, 0.4) is 0 Å². The monoisotopic (exact) mass is 238 g/mol. The highest BCUT2D eigenvalue weighted by Crippen LogP contribution is 2.20. The molecule has 0 fully saturated rings. The number of aromatic nitrogens is 2. The van der Waals surface area contributed by atoms with E-state index in [-0.39, 0.29) is 6.61 Å². The predicted molar refractivity (Wildman–Crippen MR) is 71.3 cm³/mol. The molecule has 0 saturated carbocycles. The quantitative estimate of drug-likeness (QED) is 0.745. The van der Waals surface area contributed by atoms with E-state index in [1.165, 1.54) is 5.69 Å². The van der Waals surface area contributed by atoms with Gasteiger partial charge >= 0.3 is 0 Å². The first-order valence-corrected chi connectivity index (χ1v) is 5.93. The van der Waals surface area contributed by atoms with E-state index in [2.05, 4.69) is 22.4 Å².